The summed E-state index contributed by atoms with van der Waals surface area (Å²) < 4.78 is 1.59. The molecule has 0 spiro atoms. The Balaban J connectivity index is 1.34. The lowest BCUT2D eigenvalue weighted by Gasteiger charge is -2.03. The average molecular weight is 491 g/mol. The van der Waals surface area contributed by atoms with E-state index in [0.717, 1.165) is 15.8 Å². The molecule has 0 unspecified atom stereocenters. The lowest BCUT2D eigenvalue weighted by Crippen LogP contribution is -2.13. The van der Waals surface area contributed by atoms with Crippen LogP contribution in [0.4, 0.5) is 17.1 Å². The van der Waals surface area contributed by atoms with Crippen LogP contribution in [0.5, 0.6) is 0 Å². The minimum absolute atomic E-state index is 0.0879. The largest absolute Gasteiger partial charge is 0.325 e. The molecule has 3 aromatic carbocycles. The number of amides is 2. The second kappa shape index (κ2) is 10.7. The van der Waals surface area contributed by atoms with E-state index in [9.17, 15) is 19.7 Å². The summed E-state index contributed by atoms with van der Waals surface area (Å²) in [6, 6.07) is 20.8. The molecule has 4 aromatic rings. The fourth-order valence-corrected chi connectivity index (χ4v) is 4.89. The molecule has 2 amide bonds. The van der Waals surface area contributed by atoms with Crippen molar-refractivity contribution < 1.29 is 14.5 Å². The first kappa shape index (κ1) is 23.1. The Morgan fingerprint density at radius 1 is 1.00 bits per heavy atom. The van der Waals surface area contributed by atoms with Crippen LogP contribution in [0.3, 0.4) is 0 Å². The number of carbonyl (C=O) groups is 2. The number of anilines is 2. The summed E-state index contributed by atoms with van der Waals surface area (Å²) in [6.45, 7) is 0. The number of benzene rings is 3. The van der Waals surface area contributed by atoms with Gasteiger partial charge in [-0.15, -0.1) is 11.3 Å². The Hall–Kier alpha value is -4.02. The lowest BCUT2D eigenvalue weighted by atomic mass is 10.2. The number of fused-ring (bicyclic) bond motifs is 1. The third-order valence-corrected chi connectivity index (χ3v) is 6.69. The number of hydrogen-bond acceptors (Lipinski definition) is 7. The predicted molar refractivity (Wildman–Crippen MR) is 136 cm³/mol. The van der Waals surface area contributed by atoms with Crippen LogP contribution in [0.15, 0.2) is 83.2 Å². The number of carbonyl (C=O) groups excluding carboxylic acids is 2. The normalized spacial score (nSPS) is 10.9. The topological polar surface area (TPSA) is 114 Å². The first-order valence-electron chi connectivity index (χ1n) is 10.1. The maximum absolute atomic E-state index is 12.2. The molecule has 4 rings (SSSR count). The number of nitro groups is 1. The second-order valence-electron chi connectivity index (χ2n) is 7.04. The van der Waals surface area contributed by atoms with Gasteiger partial charge in [-0.05, 0) is 35.9 Å². The zero-order valence-electron chi connectivity index (χ0n) is 17.6. The van der Waals surface area contributed by atoms with Gasteiger partial charge in [0, 0.05) is 29.6 Å². The molecule has 0 saturated heterocycles. The van der Waals surface area contributed by atoms with Crippen LogP contribution in [-0.2, 0) is 9.59 Å². The van der Waals surface area contributed by atoms with E-state index in [2.05, 4.69) is 15.6 Å². The molecule has 0 aliphatic carbocycles. The smallest absolute Gasteiger partial charge is 0.271 e. The van der Waals surface area contributed by atoms with E-state index in [1.54, 1.807) is 18.2 Å². The molecule has 1 aromatic heterocycles. The third-order valence-electron chi connectivity index (χ3n) is 4.53. The number of nitro benzene ring substituents is 1. The van der Waals surface area contributed by atoms with Gasteiger partial charge in [0.25, 0.3) is 5.69 Å². The Kier molecular flexibility index (Phi) is 7.31. The van der Waals surface area contributed by atoms with E-state index in [1.807, 2.05) is 42.5 Å². The Morgan fingerprint density at radius 3 is 2.59 bits per heavy atom. The van der Waals surface area contributed by atoms with Crippen molar-refractivity contribution >= 4 is 68.3 Å². The van der Waals surface area contributed by atoms with Gasteiger partial charge in [-0.1, -0.05) is 48.2 Å². The van der Waals surface area contributed by atoms with Crippen LogP contribution in [0.25, 0.3) is 16.3 Å². The Labute approximate surface area is 202 Å². The van der Waals surface area contributed by atoms with Gasteiger partial charge in [-0.2, -0.15) is 0 Å². The number of nitrogens with zero attached hydrogens (tertiary/aromatic N) is 2. The van der Waals surface area contributed by atoms with Crippen molar-refractivity contribution in [3.05, 3.63) is 94.6 Å². The van der Waals surface area contributed by atoms with Gasteiger partial charge in [0.1, 0.15) is 0 Å². The maximum atomic E-state index is 12.2. The van der Waals surface area contributed by atoms with Crippen LogP contribution >= 0.6 is 23.1 Å². The highest BCUT2D eigenvalue weighted by molar-refractivity contribution is 8.01. The number of thiazole rings is 1. The highest BCUT2D eigenvalue weighted by atomic mass is 32.2. The van der Waals surface area contributed by atoms with E-state index in [-0.39, 0.29) is 23.3 Å². The van der Waals surface area contributed by atoms with Gasteiger partial charge in [-0.25, -0.2) is 4.98 Å². The SMILES string of the molecule is O=C(C=Cc1ccccc1)Nc1ccc2nc(SCC(=O)Nc3cccc([N+](=O)[O-])c3)sc2c1. The standard InChI is InChI=1S/C24H18N4O4S2/c29-22(12-9-16-5-2-1-3-6-16)25-18-10-11-20-21(14-18)34-24(27-20)33-15-23(30)26-17-7-4-8-19(13-17)28(31)32/h1-14H,15H2,(H,25,29)(H,26,30). The molecule has 34 heavy (non-hydrogen) atoms. The zero-order valence-corrected chi connectivity index (χ0v) is 19.3. The molecular formula is C24H18N4O4S2. The maximum Gasteiger partial charge on any atom is 0.271 e. The molecule has 170 valence electrons. The zero-order chi connectivity index (χ0) is 23.9. The minimum Gasteiger partial charge on any atom is -0.325 e. The number of non-ortho nitro benzene ring substituents is 1. The number of nitrogens with one attached hydrogen (secondary N) is 2. The van der Waals surface area contributed by atoms with Crippen LogP contribution in [-0.4, -0.2) is 27.5 Å². The predicted octanol–water partition coefficient (Wildman–Crippen LogP) is 5.59. The molecule has 1 heterocycles. The van der Waals surface area contributed by atoms with Gasteiger partial charge in [0.2, 0.25) is 11.8 Å². The third kappa shape index (κ3) is 6.27. The van der Waals surface area contributed by atoms with Crippen molar-refractivity contribution in [3.63, 3.8) is 0 Å². The number of aromatic nitrogens is 1. The molecule has 0 saturated carbocycles. The van der Waals surface area contributed by atoms with Gasteiger partial charge in [0.05, 0.1) is 20.9 Å². The van der Waals surface area contributed by atoms with Gasteiger partial charge >= 0.3 is 0 Å². The summed E-state index contributed by atoms with van der Waals surface area (Å²) in [4.78, 5) is 39.3. The summed E-state index contributed by atoms with van der Waals surface area (Å²) in [6.07, 6.45) is 3.22. The van der Waals surface area contributed by atoms with E-state index >= 15 is 0 Å². The van der Waals surface area contributed by atoms with Crippen molar-refractivity contribution in [3.8, 4) is 0 Å². The molecular weight excluding hydrogens is 472 g/mol. The van der Waals surface area contributed by atoms with Crippen molar-refractivity contribution in [1.82, 2.24) is 4.98 Å². The summed E-state index contributed by atoms with van der Waals surface area (Å²) in [5, 5.41) is 16.4. The van der Waals surface area contributed by atoms with E-state index in [4.69, 9.17) is 0 Å². The first-order chi connectivity index (χ1) is 16.5. The minimum atomic E-state index is -0.512. The van der Waals surface area contributed by atoms with Gasteiger partial charge < -0.3 is 10.6 Å². The molecule has 0 aliphatic rings. The van der Waals surface area contributed by atoms with Crippen molar-refractivity contribution in [2.45, 2.75) is 4.34 Å². The fourth-order valence-electron chi connectivity index (χ4n) is 2.98. The molecule has 8 nitrogen and oxygen atoms in total. The molecule has 10 heteroatoms. The van der Waals surface area contributed by atoms with E-state index in [0.29, 0.717) is 15.7 Å². The Morgan fingerprint density at radius 2 is 1.79 bits per heavy atom. The lowest BCUT2D eigenvalue weighted by molar-refractivity contribution is -0.384. The van der Waals surface area contributed by atoms with Gasteiger partial charge in [-0.3, -0.25) is 19.7 Å². The summed E-state index contributed by atoms with van der Waals surface area (Å²) >= 11 is 2.69. The molecule has 2 N–H and O–H groups in total. The summed E-state index contributed by atoms with van der Waals surface area (Å²) in [5.41, 5.74) is 2.64. The molecule has 0 fully saturated rings. The van der Waals surface area contributed by atoms with Crippen LogP contribution < -0.4 is 10.6 Å². The van der Waals surface area contributed by atoms with Crippen LogP contribution in [0, 0.1) is 10.1 Å². The van der Waals surface area contributed by atoms with Gasteiger partial charge in [0.15, 0.2) is 4.34 Å². The van der Waals surface area contributed by atoms with E-state index in [1.165, 1.54) is 47.4 Å². The summed E-state index contributed by atoms with van der Waals surface area (Å²) in [5.74, 6) is -0.417. The second-order valence-corrected chi connectivity index (χ2v) is 9.29. The monoisotopic (exact) mass is 490 g/mol. The van der Waals surface area contributed by atoms with E-state index < -0.39 is 4.92 Å². The van der Waals surface area contributed by atoms with Crippen molar-refractivity contribution in [2.24, 2.45) is 0 Å². The number of hydrogen-bond donors (Lipinski definition) is 2. The Bertz CT molecular complexity index is 1390. The first-order valence-corrected chi connectivity index (χ1v) is 11.9. The van der Waals surface area contributed by atoms with Crippen molar-refractivity contribution in [1.29, 1.82) is 0 Å². The molecule has 0 atom stereocenters. The van der Waals surface area contributed by atoms with Crippen molar-refractivity contribution in [2.75, 3.05) is 16.4 Å². The highest BCUT2D eigenvalue weighted by Gasteiger charge is 2.11. The molecule has 0 radical (unpaired) electrons. The number of thioether (sulfide) groups is 1. The fraction of sp³-hybridized carbons (Fsp3) is 0.0417. The van der Waals surface area contributed by atoms with Crippen LogP contribution in [0.1, 0.15) is 5.56 Å². The summed E-state index contributed by atoms with van der Waals surface area (Å²) in [7, 11) is 0. The molecule has 0 aliphatic heterocycles. The number of rotatable bonds is 8. The molecule has 0 bridgehead atoms. The average Bonchev–Trinajstić information content (AvgIpc) is 3.24. The highest BCUT2D eigenvalue weighted by Crippen LogP contribution is 2.31. The quantitative estimate of drug-likeness (QED) is 0.144. The van der Waals surface area contributed by atoms with Crippen LogP contribution in [0.2, 0.25) is 0 Å².